The smallest absolute Gasteiger partial charge is 0.324 e. The molecule has 2 aromatic carbocycles. The number of carbonyl (C=O) groups excluding carboxylic acids is 1. The van der Waals surface area contributed by atoms with Crippen LogP contribution in [-0.2, 0) is 12.5 Å². The molecule has 4 rings (SSSR count). The number of fused-ring (bicyclic) bond motifs is 1. The number of aromatic nitrogens is 3. The van der Waals surface area contributed by atoms with Crippen molar-refractivity contribution < 1.29 is 19.0 Å². The van der Waals surface area contributed by atoms with Crippen LogP contribution in [0, 0.1) is 0 Å². The molecule has 2 aromatic heterocycles. The first kappa shape index (κ1) is 23.9. The number of nitrogens with zero attached hydrogens (tertiary/aromatic N) is 3. The molecule has 0 saturated carbocycles. The summed E-state index contributed by atoms with van der Waals surface area (Å²) in [6.07, 6.45) is 1.67. The predicted octanol–water partition coefficient (Wildman–Crippen LogP) is 5.72. The van der Waals surface area contributed by atoms with E-state index in [1.165, 1.54) is 0 Å². The molecule has 0 aliphatic carbocycles. The van der Waals surface area contributed by atoms with Gasteiger partial charge in [0.2, 0.25) is 0 Å². The molecule has 0 saturated heterocycles. The lowest BCUT2D eigenvalue weighted by Crippen LogP contribution is -2.19. The summed E-state index contributed by atoms with van der Waals surface area (Å²) < 4.78 is 18.6. The molecule has 0 aliphatic rings. The van der Waals surface area contributed by atoms with Gasteiger partial charge >= 0.3 is 6.03 Å². The molecule has 182 valence electrons. The number of hydrogen-bond donors (Lipinski definition) is 2. The van der Waals surface area contributed by atoms with Gasteiger partial charge in [-0.1, -0.05) is 20.8 Å². The third-order valence-corrected chi connectivity index (χ3v) is 5.44. The van der Waals surface area contributed by atoms with Crippen molar-refractivity contribution >= 4 is 28.4 Å². The van der Waals surface area contributed by atoms with E-state index in [0.29, 0.717) is 34.5 Å². The Hall–Kier alpha value is -4.27. The van der Waals surface area contributed by atoms with E-state index in [-0.39, 0.29) is 11.4 Å². The van der Waals surface area contributed by atoms with E-state index in [2.05, 4.69) is 41.5 Å². The van der Waals surface area contributed by atoms with Crippen LogP contribution in [-0.4, -0.2) is 35.0 Å². The lowest BCUT2D eigenvalue weighted by Gasteiger charge is -2.17. The van der Waals surface area contributed by atoms with Crippen molar-refractivity contribution in [3.63, 3.8) is 0 Å². The zero-order valence-electron chi connectivity index (χ0n) is 20.7. The molecule has 9 nitrogen and oxygen atoms in total. The van der Waals surface area contributed by atoms with Crippen LogP contribution in [0.5, 0.6) is 23.0 Å². The minimum absolute atomic E-state index is 0.0780. The van der Waals surface area contributed by atoms with E-state index in [0.717, 1.165) is 16.6 Å². The van der Waals surface area contributed by atoms with Crippen molar-refractivity contribution in [2.45, 2.75) is 26.2 Å². The van der Waals surface area contributed by atoms with E-state index < -0.39 is 0 Å². The number of rotatable bonds is 6. The average Bonchev–Trinajstić information content (AvgIpc) is 3.19. The second-order valence-corrected chi connectivity index (χ2v) is 9.03. The standard InChI is InChI=1S/C26H29N5O4/c1-26(2,3)23-15-24(30-31(23)4)29-25(32)28-16-7-9-17(10-8-16)35-20-11-12-27-19-14-22(34-6)21(33-5)13-18(19)20/h7-15H,1-6H3,(H2,28,29,30,32). The molecule has 0 fully saturated rings. The monoisotopic (exact) mass is 475 g/mol. The Labute approximate surface area is 204 Å². The maximum absolute atomic E-state index is 12.5. The predicted molar refractivity (Wildman–Crippen MR) is 136 cm³/mol. The maximum Gasteiger partial charge on any atom is 0.324 e. The highest BCUT2D eigenvalue weighted by molar-refractivity contribution is 5.99. The first-order valence-electron chi connectivity index (χ1n) is 11.1. The summed E-state index contributed by atoms with van der Waals surface area (Å²) in [6.45, 7) is 6.29. The molecular formula is C26H29N5O4. The fourth-order valence-corrected chi connectivity index (χ4v) is 3.78. The van der Waals surface area contributed by atoms with Crippen molar-refractivity contribution in [2.75, 3.05) is 24.9 Å². The Balaban J connectivity index is 1.45. The Morgan fingerprint density at radius 2 is 1.60 bits per heavy atom. The Morgan fingerprint density at radius 3 is 2.23 bits per heavy atom. The molecule has 0 unspecified atom stereocenters. The second kappa shape index (κ2) is 9.54. The minimum Gasteiger partial charge on any atom is -0.493 e. The largest absolute Gasteiger partial charge is 0.493 e. The molecule has 0 radical (unpaired) electrons. The van der Waals surface area contributed by atoms with E-state index in [4.69, 9.17) is 14.2 Å². The zero-order valence-corrected chi connectivity index (χ0v) is 20.7. The molecule has 0 aliphatic heterocycles. The molecule has 4 aromatic rings. The molecule has 2 heterocycles. The van der Waals surface area contributed by atoms with Gasteiger partial charge in [0, 0.05) is 47.6 Å². The number of pyridine rings is 1. The summed E-state index contributed by atoms with van der Waals surface area (Å²) in [4.78, 5) is 16.8. The van der Waals surface area contributed by atoms with Crippen LogP contribution in [0.1, 0.15) is 26.5 Å². The zero-order chi connectivity index (χ0) is 25.2. The fraction of sp³-hybridized carbons (Fsp3) is 0.269. The van der Waals surface area contributed by atoms with Crippen molar-refractivity contribution in [1.29, 1.82) is 0 Å². The van der Waals surface area contributed by atoms with Gasteiger partial charge in [-0.3, -0.25) is 15.0 Å². The summed E-state index contributed by atoms with van der Waals surface area (Å²) in [5.41, 5.74) is 2.28. The molecular weight excluding hydrogens is 446 g/mol. The molecule has 9 heteroatoms. The van der Waals surface area contributed by atoms with E-state index in [1.54, 1.807) is 61.5 Å². The van der Waals surface area contributed by atoms with Crippen LogP contribution in [0.3, 0.4) is 0 Å². The Morgan fingerprint density at radius 1 is 0.914 bits per heavy atom. The molecule has 0 spiro atoms. The molecule has 35 heavy (non-hydrogen) atoms. The van der Waals surface area contributed by atoms with Crippen molar-refractivity contribution in [3.05, 3.63) is 60.4 Å². The van der Waals surface area contributed by atoms with E-state index >= 15 is 0 Å². The van der Waals surface area contributed by atoms with Gasteiger partial charge in [-0.15, -0.1) is 0 Å². The number of ether oxygens (including phenoxy) is 3. The highest BCUT2D eigenvalue weighted by atomic mass is 16.5. The van der Waals surface area contributed by atoms with Gasteiger partial charge in [-0.2, -0.15) is 5.10 Å². The molecule has 0 atom stereocenters. The summed E-state index contributed by atoms with van der Waals surface area (Å²) in [7, 11) is 5.03. The highest BCUT2D eigenvalue weighted by Gasteiger charge is 2.20. The third kappa shape index (κ3) is 5.29. The van der Waals surface area contributed by atoms with Crippen molar-refractivity contribution in [2.24, 2.45) is 7.05 Å². The molecule has 2 N–H and O–H groups in total. The van der Waals surface area contributed by atoms with Gasteiger partial charge in [0.25, 0.3) is 0 Å². The topological polar surface area (TPSA) is 99.5 Å². The highest BCUT2D eigenvalue weighted by Crippen LogP contribution is 2.37. The van der Waals surface area contributed by atoms with Gasteiger partial charge in [0.15, 0.2) is 17.3 Å². The van der Waals surface area contributed by atoms with Crippen LogP contribution < -0.4 is 24.8 Å². The molecule has 2 amide bonds. The van der Waals surface area contributed by atoms with E-state index in [1.807, 2.05) is 19.2 Å². The molecule has 0 bridgehead atoms. The van der Waals surface area contributed by atoms with Crippen LogP contribution >= 0.6 is 0 Å². The number of benzene rings is 2. The summed E-state index contributed by atoms with van der Waals surface area (Å²) in [5, 5.41) is 10.7. The third-order valence-electron chi connectivity index (χ3n) is 5.44. The number of aryl methyl sites for hydroxylation is 1. The second-order valence-electron chi connectivity index (χ2n) is 9.03. The SMILES string of the molecule is COc1cc2nccc(Oc3ccc(NC(=O)Nc4cc(C(C)(C)C)n(C)n4)cc3)c2cc1OC. The number of urea groups is 1. The van der Waals surface area contributed by atoms with Crippen LogP contribution in [0.2, 0.25) is 0 Å². The van der Waals surface area contributed by atoms with Gasteiger partial charge in [-0.25, -0.2) is 4.79 Å². The number of hydrogen-bond acceptors (Lipinski definition) is 6. The number of amides is 2. The number of nitrogens with one attached hydrogen (secondary N) is 2. The summed E-state index contributed by atoms with van der Waals surface area (Å²) in [6, 6.07) is 14.0. The maximum atomic E-state index is 12.5. The Kier molecular flexibility index (Phi) is 6.50. The number of methoxy groups -OCH3 is 2. The Bertz CT molecular complexity index is 1360. The summed E-state index contributed by atoms with van der Waals surface area (Å²) in [5.74, 6) is 2.91. The first-order chi connectivity index (χ1) is 16.7. The van der Waals surface area contributed by atoms with Gasteiger partial charge in [0.05, 0.1) is 19.7 Å². The van der Waals surface area contributed by atoms with Crippen molar-refractivity contribution in [3.8, 4) is 23.0 Å². The number of anilines is 2. The quantitative estimate of drug-likeness (QED) is 0.370. The van der Waals surface area contributed by atoms with Crippen LogP contribution in [0.25, 0.3) is 10.9 Å². The first-order valence-corrected chi connectivity index (χ1v) is 11.1. The minimum atomic E-state index is -0.376. The van der Waals surface area contributed by atoms with Crippen LogP contribution in [0.15, 0.2) is 54.7 Å². The van der Waals surface area contributed by atoms with Gasteiger partial charge < -0.3 is 19.5 Å². The number of carbonyl (C=O) groups is 1. The normalized spacial score (nSPS) is 11.3. The average molecular weight is 476 g/mol. The fourth-order valence-electron chi connectivity index (χ4n) is 3.78. The lowest BCUT2D eigenvalue weighted by molar-refractivity contribution is 0.262. The summed E-state index contributed by atoms with van der Waals surface area (Å²) >= 11 is 0. The van der Waals surface area contributed by atoms with Gasteiger partial charge in [0.1, 0.15) is 11.5 Å². The lowest BCUT2D eigenvalue weighted by atomic mass is 9.92. The van der Waals surface area contributed by atoms with Crippen LogP contribution in [0.4, 0.5) is 16.3 Å². The van der Waals surface area contributed by atoms with Gasteiger partial charge in [-0.05, 0) is 36.4 Å². The van der Waals surface area contributed by atoms with Crippen molar-refractivity contribution in [1.82, 2.24) is 14.8 Å². The van der Waals surface area contributed by atoms with E-state index in [9.17, 15) is 4.79 Å².